The number of carbonyl (C=O) groups is 2. The van der Waals surface area contributed by atoms with Crippen molar-refractivity contribution in [1.29, 1.82) is 0 Å². The average molecular weight is 294 g/mol. The number of hydrogen-bond donors (Lipinski definition) is 2. The van der Waals surface area contributed by atoms with Crippen LogP contribution in [0, 0.1) is 22.0 Å². The topological polar surface area (TPSA) is 110 Å². The third-order valence-electron chi connectivity index (χ3n) is 3.41. The Morgan fingerprint density at radius 3 is 2.29 bits per heavy atom. The molecular formula is C14H18N2O5. The molecular weight excluding hydrogens is 276 g/mol. The summed E-state index contributed by atoms with van der Waals surface area (Å²) in [6, 6.07) is 6.08. The van der Waals surface area contributed by atoms with Gasteiger partial charge in [0.1, 0.15) is 0 Å². The first-order valence-electron chi connectivity index (χ1n) is 6.56. The zero-order valence-electron chi connectivity index (χ0n) is 11.9. The Morgan fingerprint density at radius 1 is 1.24 bits per heavy atom. The second-order valence-electron chi connectivity index (χ2n) is 4.88. The highest BCUT2D eigenvalue weighted by atomic mass is 16.6. The summed E-state index contributed by atoms with van der Waals surface area (Å²) in [7, 11) is 0. The van der Waals surface area contributed by atoms with Gasteiger partial charge in [-0.25, -0.2) is 0 Å². The van der Waals surface area contributed by atoms with Crippen LogP contribution in [0.4, 0.5) is 5.69 Å². The molecule has 2 N–H and O–H groups in total. The van der Waals surface area contributed by atoms with Crippen LogP contribution >= 0.6 is 0 Å². The summed E-state index contributed by atoms with van der Waals surface area (Å²) >= 11 is 0. The van der Waals surface area contributed by atoms with Gasteiger partial charge in [0.05, 0.1) is 10.8 Å². The number of benzene rings is 1. The highest BCUT2D eigenvalue weighted by Gasteiger charge is 2.25. The molecule has 0 aliphatic heterocycles. The number of carbonyl (C=O) groups excluding carboxylic acids is 1. The zero-order valence-corrected chi connectivity index (χ0v) is 11.9. The zero-order chi connectivity index (χ0) is 16.0. The van der Waals surface area contributed by atoms with Crippen LogP contribution in [0.25, 0.3) is 0 Å². The lowest BCUT2D eigenvalue weighted by Crippen LogP contribution is -2.36. The van der Waals surface area contributed by atoms with Gasteiger partial charge in [-0.3, -0.25) is 19.7 Å². The lowest BCUT2D eigenvalue weighted by molar-refractivity contribution is -0.384. The van der Waals surface area contributed by atoms with Crippen molar-refractivity contribution >= 4 is 17.6 Å². The first-order valence-corrected chi connectivity index (χ1v) is 6.56. The van der Waals surface area contributed by atoms with E-state index in [-0.39, 0.29) is 11.6 Å². The molecule has 1 amide bonds. The molecule has 0 aliphatic carbocycles. The number of nitro groups is 1. The Hall–Kier alpha value is -2.44. The molecule has 2 atom stereocenters. The average Bonchev–Trinajstić information content (AvgIpc) is 2.45. The van der Waals surface area contributed by atoms with Crippen LogP contribution in [0.3, 0.4) is 0 Å². The number of hydrogen-bond acceptors (Lipinski definition) is 4. The van der Waals surface area contributed by atoms with Crippen molar-refractivity contribution in [1.82, 2.24) is 5.32 Å². The fraction of sp³-hybridized carbons (Fsp3) is 0.429. The van der Waals surface area contributed by atoms with E-state index in [0.717, 1.165) is 5.56 Å². The second-order valence-corrected chi connectivity index (χ2v) is 4.88. The smallest absolute Gasteiger partial charge is 0.307 e. The molecule has 7 heteroatoms. The maximum absolute atomic E-state index is 11.8. The fourth-order valence-electron chi connectivity index (χ4n) is 1.72. The number of non-ortho nitro benzene ring substituents is 1. The van der Waals surface area contributed by atoms with Crippen molar-refractivity contribution in [3.8, 4) is 0 Å². The number of rotatable bonds is 7. The summed E-state index contributed by atoms with van der Waals surface area (Å²) in [5.41, 5.74) is 0.881. The SMILES string of the molecule is CC(C(=O)O)C(C)C(=O)NCCc1ccc([N+](=O)[O-])cc1. The van der Waals surface area contributed by atoms with Gasteiger partial charge in [0, 0.05) is 24.6 Å². The van der Waals surface area contributed by atoms with Gasteiger partial charge < -0.3 is 10.4 Å². The van der Waals surface area contributed by atoms with Crippen LogP contribution < -0.4 is 5.32 Å². The molecule has 114 valence electrons. The number of carboxylic acids is 1. The second kappa shape index (κ2) is 7.37. The summed E-state index contributed by atoms with van der Waals surface area (Å²) < 4.78 is 0. The van der Waals surface area contributed by atoms with Crippen LogP contribution in [-0.2, 0) is 16.0 Å². The van der Waals surface area contributed by atoms with Gasteiger partial charge in [-0.1, -0.05) is 26.0 Å². The Morgan fingerprint density at radius 2 is 1.81 bits per heavy atom. The van der Waals surface area contributed by atoms with E-state index in [9.17, 15) is 19.7 Å². The first-order chi connectivity index (χ1) is 9.82. The largest absolute Gasteiger partial charge is 0.481 e. The summed E-state index contributed by atoms with van der Waals surface area (Å²) in [4.78, 5) is 32.6. The molecule has 1 aromatic carbocycles. The van der Waals surface area contributed by atoms with E-state index in [0.29, 0.717) is 13.0 Å². The molecule has 0 fully saturated rings. The third-order valence-corrected chi connectivity index (χ3v) is 3.41. The lowest BCUT2D eigenvalue weighted by atomic mass is 9.95. The quantitative estimate of drug-likeness (QED) is 0.586. The molecule has 1 rings (SSSR count). The van der Waals surface area contributed by atoms with Gasteiger partial charge in [-0.15, -0.1) is 0 Å². The van der Waals surface area contributed by atoms with Crippen molar-refractivity contribution in [2.75, 3.05) is 6.54 Å². The normalized spacial score (nSPS) is 13.2. The van der Waals surface area contributed by atoms with Gasteiger partial charge >= 0.3 is 5.97 Å². The highest BCUT2D eigenvalue weighted by Crippen LogP contribution is 2.13. The number of nitrogens with zero attached hydrogens (tertiary/aromatic N) is 1. The van der Waals surface area contributed by atoms with Crippen LogP contribution in [-0.4, -0.2) is 28.5 Å². The number of nitrogens with one attached hydrogen (secondary N) is 1. The van der Waals surface area contributed by atoms with E-state index >= 15 is 0 Å². The third kappa shape index (κ3) is 4.87. The van der Waals surface area contributed by atoms with E-state index in [1.807, 2.05) is 0 Å². The molecule has 0 spiro atoms. The number of aliphatic carboxylic acids is 1. The maximum Gasteiger partial charge on any atom is 0.307 e. The van der Waals surface area contributed by atoms with Crippen LogP contribution in [0.15, 0.2) is 24.3 Å². The molecule has 2 unspecified atom stereocenters. The molecule has 0 saturated carbocycles. The van der Waals surface area contributed by atoms with Crippen LogP contribution in [0.2, 0.25) is 0 Å². The van der Waals surface area contributed by atoms with Crippen molar-refractivity contribution in [2.24, 2.45) is 11.8 Å². The van der Waals surface area contributed by atoms with Gasteiger partial charge in [-0.2, -0.15) is 0 Å². The molecule has 21 heavy (non-hydrogen) atoms. The van der Waals surface area contributed by atoms with E-state index in [4.69, 9.17) is 5.11 Å². The summed E-state index contributed by atoms with van der Waals surface area (Å²) in [5.74, 6) is -2.68. The van der Waals surface area contributed by atoms with E-state index in [1.165, 1.54) is 19.1 Å². The first kappa shape index (κ1) is 16.6. The molecule has 0 saturated heterocycles. The standard InChI is InChI=1S/C14H18N2O5/c1-9(10(2)14(18)19)13(17)15-8-7-11-3-5-12(6-4-11)16(20)21/h3-6,9-10H,7-8H2,1-2H3,(H,15,17)(H,18,19). The molecule has 0 radical (unpaired) electrons. The van der Waals surface area contributed by atoms with E-state index < -0.39 is 22.7 Å². The molecule has 0 heterocycles. The predicted molar refractivity (Wildman–Crippen MR) is 75.8 cm³/mol. The summed E-state index contributed by atoms with van der Waals surface area (Å²) in [5, 5.41) is 22.0. The Labute approximate surface area is 122 Å². The van der Waals surface area contributed by atoms with Gasteiger partial charge in [0.2, 0.25) is 5.91 Å². The Bertz CT molecular complexity index is 527. The van der Waals surface area contributed by atoms with Crippen LogP contribution in [0.5, 0.6) is 0 Å². The summed E-state index contributed by atoms with van der Waals surface area (Å²) in [6.07, 6.45) is 0.526. The molecule has 0 aliphatic rings. The molecule has 0 aromatic heterocycles. The van der Waals surface area contributed by atoms with Crippen molar-refractivity contribution < 1.29 is 19.6 Å². The lowest BCUT2D eigenvalue weighted by Gasteiger charge is -2.15. The predicted octanol–water partition coefficient (Wildman–Crippen LogP) is 1.61. The number of nitro benzene ring substituents is 1. The van der Waals surface area contributed by atoms with Crippen molar-refractivity contribution in [3.63, 3.8) is 0 Å². The maximum atomic E-state index is 11.8. The van der Waals surface area contributed by atoms with E-state index in [2.05, 4.69) is 5.32 Å². The Kier molecular flexibility index (Phi) is 5.83. The fourth-order valence-corrected chi connectivity index (χ4v) is 1.72. The molecule has 0 bridgehead atoms. The van der Waals surface area contributed by atoms with Crippen LogP contribution in [0.1, 0.15) is 19.4 Å². The highest BCUT2D eigenvalue weighted by molar-refractivity contribution is 5.84. The Balaban J connectivity index is 2.44. The number of amides is 1. The minimum Gasteiger partial charge on any atom is -0.481 e. The number of carboxylic acid groups (broad SMARTS) is 1. The molecule has 1 aromatic rings. The minimum atomic E-state index is -1.01. The van der Waals surface area contributed by atoms with E-state index in [1.54, 1.807) is 19.1 Å². The summed E-state index contributed by atoms with van der Waals surface area (Å²) in [6.45, 7) is 3.41. The minimum absolute atomic E-state index is 0.0201. The van der Waals surface area contributed by atoms with Gasteiger partial charge in [0.15, 0.2) is 0 Å². The van der Waals surface area contributed by atoms with Crippen molar-refractivity contribution in [2.45, 2.75) is 20.3 Å². The van der Waals surface area contributed by atoms with Gasteiger partial charge in [0.25, 0.3) is 5.69 Å². The van der Waals surface area contributed by atoms with Crippen molar-refractivity contribution in [3.05, 3.63) is 39.9 Å². The van der Waals surface area contributed by atoms with Gasteiger partial charge in [-0.05, 0) is 12.0 Å². The molecule has 7 nitrogen and oxygen atoms in total. The monoisotopic (exact) mass is 294 g/mol.